The van der Waals surface area contributed by atoms with E-state index in [0.717, 1.165) is 9.99 Å². The summed E-state index contributed by atoms with van der Waals surface area (Å²) in [6.45, 7) is 0.108. The average Bonchev–Trinajstić information content (AvgIpc) is 3.10. The second-order valence-corrected chi connectivity index (χ2v) is 7.04. The predicted octanol–water partition coefficient (Wildman–Crippen LogP) is 5.30. The molecule has 0 aliphatic rings. The van der Waals surface area contributed by atoms with Gasteiger partial charge < -0.3 is 10.1 Å². The largest absolute Gasteiger partial charge is 0.489 e. The van der Waals surface area contributed by atoms with E-state index in [2.05, 4.69) is 31.4 Å². The Bertz CT molecular complexity index is 1140. The molecule has 0 spiro atoms. The summed E-state index contributed by atoms with van der Waals surface area (Å²) in [7, 11) is 0. The van der Waals surface area contributed by atoms with Crippen LogP contribution in [0.5, 0.6) is 5.75 Å². The number of nitrogens with zero attached hydrogens (tertiary/aromatic N) is 1. The molecule has 0 saturated heterocycles. The fourth-order valence-electron chi connectivity index (χ4n) is 2.74. The number of H-pyrrole nitrogens is 1. The van der Waals surface area contributed by atoms with Gasteiger partial charge in [-0.1, -0.05) is 34.1 Å². The van der Waals surface area contributed by atoms with Crippen molar-refractivity contribution in [1.29, 1.82) is 0 Å². The minimum absolute atomic E-state index is 0.108. The van der Waals surface area contributed by atoms with Crippen LogP contribution in [0.15, 0.2) is 71.2 Å². The van der Waals surface area contributed by atoms with Gasteiger partial charge in [-0.3, -0.25) is 9.89 Å². The number of rotatable bonds is 5. The number of benzene rings is 3. The number of fused-ring (bicyclic) bond motifs is 1. The number of ether oxygens (including phenoxy) is 1. The molecule has 0 fully saturated rings. The number of nitrogens with one attached hydrogen (secondary N) is 2. The lowest BCUT2D eigenvalue weighted by Crippen LogP contribution is -2.12. The first-order valence-corrected chi connectivity index (χ1v) is 9.31. The monoisotopic (exact) mass is 439 g/mol. The highest BCUT2D eigenvalue weighted by Crippen LogP contribution is 2.26. The third-order valence-electron chi connectivity index (χ3n) is 4.22. The molecule has 2 N–H and O–H groups in total. The SMILES string of the molecule is O=C(Nc1n[nH]c2ccc(OCc3ccccc3F)cc12)c1ccc(Br)cc1. The summed E-state index contributed by atoms with van der Waals surface area (Å²) in [5, 5.41) is 10.6. The van der Waals surface area contributed by atoms with E-state index in [1.807, 2.05) is 0 Å². The molecule has 4 aromatic rings. The van der Waals surface area contributed by atoms with Gasteiger partial charge in [0, 0.05) is 21.0 Å². The summed E-state index contributed by atoms with van der Waals surface area (Å²) in [6.07, 6.45) is 0. The lowest BCUT2D eigenvalue weighted by molar-refractivity contribution is 0.102. The van der Waals surface area contributed by atoms with E-state index < -0.39 is 0 Å². The number of anilines is 1. The Hall–Kier alpha value is -3.19. The second-order valence-electron chi connectivity index (χ2n) is 6.12. The summed E-state index contributed by atoms with van der Waals surface area (Å²) in [4.78, 5) is 12.4. The molecule has 1 aromatic heterocycles. The number of aromatic nitrogens is 2. The first kappa shape index (κ1) is 18.2. The van der Waals surface area contributed by atoms with E-state index in [9.17, 15) is 9.18 Å². The van der Waals surface area contributed by atoms with E-state index in [1.54, 1.807) is 60.7 Å². The molecule has 5 nitrogen and oxygen atoms in total. The average molecular weight is 440 g/mol. The predicted molar refractivity (Wildman–Crippen MR) is 109 cm³/mol. The molecular weight excluding hydrogens is 425 g/mol. The normalized spacial score (nSPS) is 10.8. The number of amides is 1. The smallest absolute Gasteiger partial charge is 0.256 e. The van der Waals surface area contributed by atoms with Gasteiger partial charge in [0.1, 0.15) is 18.2 Å². The Morgan fingerprint density at radius 1 is 1.11 bits per heavy atom. The number of carbonyl (C=O) groups excluding carboxylic acids is 1. The Morgan fingerprint density at radius 3 is 2.68 bits per heavy atom. The van der Waals surface area contributed by atoms with Crippen LogP contribution in [0.3, 0.4) is 0 Å². The van der Waals surface area contributed by atoms with E-state index in [1.165, 1.54) is 6.07 Å². The highest BCUT2D eigenvalue weighted by molar-refractivity contribution is 9.10. The molecule has 0 unspecified atom stereocenters. The maximum absolute atomic E-state index is 13.7. The minimum Gasteiger partial charge on any atom is -0.489 e. The first-order valence-electron chi connectivity index (χ1n) is 8.51. The van der Waals surface area contributed by atoms with E-state index >= 15 is 0 Å². The van der Waals surface area contributed by atoms with Crippen molar-refractivity contribution in [1.82, 2.24) is 10.2 Å². The fourth-order valence-corrected chi connectivity index (χ4v) is 3.00. The summed E-state index contributed by atoms with van der Waals surface area (Å²) in [5.74, 6) is 0.378. The number of aromatic amines is 1. The third kappa shape index (κ3) is 3.89. The van der Waals surface area contributed by atoms with Crippen LogP contribution in [0, 0.1) is 5.82 Å². The van der Waals surface area contributed by atoms with E-state index in [0.29, 0.717) is 28.1 Å². The van der Waals surface area contributed by atoms with Gasteiger partial charge in [0.25, 0.3) is 5.91 Å². The number of carbonyl (C=O) groups is 1. The standard InChI is InChI=1S/C21H15BrFN3O2/c22-15-7-5-13(6-8-15)21(27)24-20-17-11-16(9-10-19(17)25-26-20)28-12-14-3-1-2-4-18(14)23/h1-11H,12H2,(H2,24,25,26,27). The van der Waals surface area contributed by atoms with E-state index in [-0.39, 0.29) is 18.3 Å². The molecule has 3 aromatic carbocycles. The molecule has 1 heterocycles. The van der Waals surface area contributed by atoms with Crippen molar-refractivity contribution in [2.24, 2.45) is 0 Å². The van der Waals surface area contributed by atoms with Gasteiger partial charge in [0.15, 0.2) is 5.82 Å². The fraction of sp³-hybridized carbons (Fsp3) is 0.0476. The van der Waals surface area contributed by atoms with Crippen LogP contribution in [0.25, 0.3) is 10.9 Å². The molecule has 140 valence electrons. The summed E-state index contributed by atoms with van der Waals surface area (Å²) in [6, 6.07) is 18.8. The van der Waals surface area contributed by atoms with Crippen molar-refractivity contribution < 1.29 is 13.9 Å². The minimum atomic E-state index is -0.311. The topological polar surface area (TPSA) is 67.0 Å². The van der Waals surface area contributed by atoms with Crippen molar-refractivity contribution in [2.45, 2.75) is 6.61 Å². The third-order valence-corrected chi connectivity index (χ3v) is 4.75. The van der Waals surface area contributed by atoms with Gasteiger partial charge >= 0.3 is 0 Å². The molecule has 0 radical (unpaired) electrons. The summed E-state index contributed by atoms with van der Waals surface area (Å²) in [5.41, 5.74) is 1.74. The van der Waals surface area contributed by atoms with E-state index in [4.69, 9.17) is 4.74 Å². The molecular formula is C21H15BrFN3O2. The highest BCUT2D eigenvalue weighted by Gasteiger charge is 2.12. The number of hydrogen-bond donors (Lipinski definition) is 2. The Morgan fingerprint density at radius 2 is 1.89 bits per heavy atom. The molecule has 0 bridgehead atoms. The van der Waals surface area contributed by atoms with Crippen molar-refractivity contribution >= 4 is 38.6 Å². The molecule has 0 aliphatic heterocycles. The van der Waals surface area contributed by atoms with Gasteiger partial charge in [0.2, 0.25) is 0 Å². The maximum atomic E-state index is 13.7. The van der Waals surface area contributed by atoms with Crippen LogP contribution in [0.1, 0.15) is 15.9 Å². The lowest BCUT2D eigenvalue weighted by atomic mass is 10.2. The molecule has 0 saturated carbocycles. The van der Waals surface area contributed by atoms with Crippen molar-refractivity contribution in [2.75, 3.05) is 5.32 Å². The van der Waals surface area contributed by atoms with Gasteiger partial charge in [0.05, 0.1) is 5.52 Å². The Balaban J connectivity index is 1.53. The number of hydrogen-bond acceptors (Lipinski definition) is 3. The van der Waals surface area contributed by atoms with Crippen molar-refractivity contribution in [3.05, 3.63) is 88.1 Å². The highest BCUT2D eigenvalue weighted by atomic mass is 79.9. The second kappa shape index (κ2) is 7.82. The van der Waals surface area contributed by atoms with Gasteiger partial charge in [-0.25, -0.2) is 4.39 Å². The molecule has 1 amide bonds. The van der Waals surface area contributed by atoms with Gasteiger partial charge in [-0.2, -0.15) is 5.10 Å². The van der Waals surface area contributed by atoms with Crippen LogP contribution in [-0.4, -0.2) is 16.1 Å². The van der Waals surface area contributed by atoms with Crippen molar-refractivity contribution in [3.8, 4) is 5.75 Å². The molecule has 28 heavy (non-hydrogen) atoms. The first-order chi connectivity index (χ1) is 13.6. The van der Waals surface area contributed by atoms with Crippen LogP contribution in [-0.2, 0) is 6.61 Å². The van der Waals surface area contributed by atoms with Gasteiger partial charge in [-0.15, -0.1) is 0 Å². The Kier molecular flexibility index (Phi) is 5.08. The van der Waals surface area contributed by atoms with Crippen LogP contribution in [0.2, 0.25) is 0 Å². The summed E-state index contributed by atoms with van der Waals surface area (Å²) < 4.78 is 20.3. The molecule has 7 heteroatoms. The van der Waals surface area contributed by atoms with Crippen LogP contribution >= 0.6 is 15.9 Å². The van der Waals surface area contributed by atoms with Crippen molar-refractivity contribution in [3.63, 3.8) is 0 Å². The quantitative estimate of drug-likeness (QED) is 0.443. The summed E-state index contributed by atoms with van der Waals surface area (Å²) >= 11 is 3.35. The van der Waals surface area contributed by atoms with Crippen LogP contribution in [0.4, 0.5) is 10.2 Å². The molecule has 0 atom stereocenters. The van der Waals surface area contributed by atoms with Crippen LogP contribution < -0.4 is 10.1 Å². The lowest BCUT2D eigenvalue weighted by Gasteiger charge is -2.08. The molecule has 0 aliphatic carbocycles. The number of halogens is 2. The zero-order valence-corrected chi connectivity index (χ0v) is 16.2. The zero-order valence-electron chi connectivity index (χ0n) is 14.6. The zero-order chi connectivity index (χ0) is 19.5. The molecule has 4 rings (SSSR count). The van der Waals surface area contributed by atoms with Gasteiger partial charge in [-0.05, 0) is 48.5 Å². The maximum Gasteiger partial charge on any atom is 0.256 e. The Labute approximate surface area is 168 Å².